The van der Waals surface area contributed by atoms with Crippen molar-refractivity contribution < 1.29 is 13.2 Å². The number of hydrogen-bond acceptors (Lipinski definition) is 3. The zero-order chi connectivity index (χ0) is 20.5. The quantitative estimate of drug-likeness (QED) is 0.803. The van der Waals surface area contributed by atoms with Crippen molar-refractivity contribution in [2.24, 2.45) is 5.41 Å². The highest BCUT2D eigenvalue weighted by Gasteiger charge is 2.29. The molecule has 1 aliphatic rings. The molecule has 1 N–H and O–H groups in total. The van der Waals surface area contributed by atoms with Gasteiger partial charge in [0.1, 0.15) is 0 Å². The molecule has 0 spiro atoms. The van der Waals surface area contributed by atoms with Gasteiger partial charge in [0, 0.05) is 23.7 Å². The minimum Gasteiger partial charge on any atom is -0.352 e. The van der Waals surface area contributed by atoms with E-state index in [1.807, 2.05) is 0 Å². The van der Waals surface area contributed by atoms with E-state index in [4.69, 9.17) is 11.6 Å². The third-order valence-electron chi connectivity index (χ3n) is 4.60. The molecule has 0 saturated carbocycles. The Labute approximate surface area is 171 Å². The van der Waals surface area contributed by atoms with Crippen molar-refractivity contribution in [3.05, 3.63) is 58.6 Å². The van der Waals surface area contributed by atoms with Crippen LogP contribution in [0.25, 0.3) is 0 Å². The Morgan fingerprint density at radius 3 is 2.46 bits per heavy atom. The average molecular weight is 421 g/mol. The Morgan fingerprint density at radius 2 is 1.82 bits per heavy atom. The maximum absolute atomic E-state index is 13.1. The third kappa shape index (κ3) is 4.50. The van der Waals surface area contributed by atoms with E-state index in [2.05, 4.69) is 26.1 Å². The van der Waals surface area contributed by atoms with Gasteiger partial charge in [-0.25, -0.2) is 8.42 Å². The molecule has 3 rings (SSSR count). The predicted molar refractivity (Wildman–Crippen MR) is 113 cm³/mol. The van der Waals surface area contributed by atoms with E-state index in [0.29, 0.717) is 35.8 Å². The molecule has 0 saturated heterocycles. The first-order valence-corrected chi connectivity index (χ1v) is 11.1. The molecule has 1 amide bonds. The summed E-state index contributed by atoms with van der Waals surface area (Å²) in [6, 6.07) is 11.4. The molecule has 0 aromatic heterocycles. The van der Waals surface area contributed by atoms with Gasteiger partial charge in [0.05, 0.1) is 10.6 Å². The summed E-state index contributed by atoms with van der Waals surface area (Å²) in [5.41, 5.74) is 2.04. The summed E-state index contributed by atoms with van der Waals surface area (Å²) in [6.07, 6.45) is 1.44. The fraction of sp³-hybridized carbons (Fsp3) is 0.381. The van der Waals surface area contributed by atoms with E-state index in [1.165, 1.54) is 16.4 Å². The van der Waals surface area contributed by atoms with Crippen LogP contribution in [0.2, 0.25) is 5.02 Å². The van der Waals surface area contributed by atoms with Crippen molar-refractivity contribution in [2.75, 3.05) is 17.4 Å². The van der Waals surface area contributed by atoms with Crippen LogP contribution < -0.4 is 9.62 Å². The minimum atomic E-state index is -3.68. The minimum absolute atomic E-state index is 0.00662. The van der Waals surface area contributed by atoms with Crippen LogP contribution in [0, 0.1) is 5.41 Å². The van der Waals surface area contributed by atoms with E-state index in [-0.39, 0.29) is 16.2 Å². The van der Waals surface area contributed by atoms with E-state index < -0.39 is 10.0 Å². The molecule has 28 heavy (non-hydrogen) atoms. The standard InChI is InChI=1S/C21H25ClN2O3S/c1-21(2,3)14-23-20(25)16-6-11-19-15(13-16)5-4-12-24(19)28(26,27)18-9-7-17(22)8-10-18/h6-11,13H,4-5,12,14H2,1-3H3,(H,23,25). The van der Waals surface area contributed by atoms with Gasteiger partial charge in [-0.1, -0.05) is 32.4 Å². The maximum Gasteiger partial charge on any atom is 0.264 e. The fourth-order valence-electron chi connectivity index (χ4n) is 3.13. The number of carbonyl (C=O) groups excluding carboxylic acids is 1. The molecule has 7 heteroatoms. The van der Waals surface area contributed by atoms with Gasteiger partial charge < -0.3 is 5.32 Å². The van der Waals surface area contributed by atoms with Crippen molar-refractivity contribution in [3.63, 3.8) is 0 Å². The summed E-state index contributed by atoms with van der Waals surface area (Å²) in [5.74, 6) is -0.143. The monoisotopic (exact) mass is 420 g/mol. The number of sulfonamides is 1. The molecule has 0 fully saturated rings. The van der Waals surface area contributed by atoms with E-state index in [1.54, 1.807) is 30.3 Å². The number of halogens is 1. The second kappa shape index (κ2) is 7.76. The second-order valence-electron chi connectivity index (χ2n) is 8.22. The van der Waals surface area contributed by atoms with Gasteiger partial charge >= 0.3 is 0 Å². The third-order valence-corrected chi connectivity index (χ3v) is 6.68. The van der Waals surface area contributed by atoms with Crippen LogP contribution in [-0.2, 0) is 16.4 Å². The van der Waals surface area contributed by atoms with Crippen LogP contribution in [0.4, 0.5) is 5.69 Å². The van der Waals surface area contributed by atoms with Crippen molar-refractivity contribution in [1.29, 1.82) is 0 Å². The summed E-state index contributed by atoms with van der Waals surface area (Å²) in [6.45, 7) is 7.15. The number of aryl methyl sites for hydroxylation is 1. The molecule has 2 aromatic carbocycles. The van der Waals surface area contributed by atoms with Crippen molar-refractivity contribution in [2.45, 2.75) is 38.5 Å². The Hall–Kier alpha value is -2.05. The molecule has 1 heterocycles. The molecule has 0 aliphatic carbocycles. The number of rotatable bonds is 4. The van der Waals surface area contributed by atoms with Crippen LogP contribution in [0.1, 0.15) is 43.1 Å². The topological polar surface area (TPSA) is 66.5 Å². The number of hydrogen-bond donors (Lipinski definition) is 1. The molecule has 2 aromatic rings. The highest BCUT2D eigenvalue weighted by atomic mass is 35.5. The van der Waals surface area contributed by atoms with E-state index in [0.717, 1.165) is 12.0 Å². The Balaban J connectivity index is 1.88. The van der Waals surface area contributed by atoms with Crippen LogP contribution >= 0.6 is 11.6 Å². The van der Waals surface area contributed by atoms with Gasteiger partial charge in [-0.3, -0.25) is 9.10 Å². The molecule has 5 nitrogen and oxygen atoms in total. The van der Waals surface area contributed by atoms with Gasteiger partial charge in [0.15, 0.2) is 0 Å². The fourth-order valence-corrected chi connectivity index (χ4v) is 4.80. The number of amides is 1. The lowest BCUT2D eigenvalue weighted by Crippen LogP contribution is -2.36. The second-order valence-corrected chi connectivity index (χ2v) is 10.5. The van der Waals surface area contributed by atoms with Gasteiger partial charge in [-0.2, -0.15) is 0 Å². The number of anilines is 1. The zero-order valence-corrected chi connectivity index (χ0v) is 17.9. The first-order valence-electron chi connectivity index (χ1n) is 9.27. The maximum atomic E-state index is 13.1. The lowest BCUT2D eigenvalue weighted by atomic mass is 9.96. The van der Waals surface area contributed by atoms with Crippen LogP contribution in [0.15, 0.2) is 47.4 Å². The van der Waals surface area contributed by atoms with E-state index in [9.17, 15) is 13.2 Å². The van der Waals surface area contributed by atoms with Crippen molar-refractivity contribution in [3.8, 4) is 0 Å². The smallest absolute Gasteiger partial charge is 0.264 e. The van der Waals surface area contributed by atoms with Crippen LogP contribution in [0.5, 0.6) is 0 Å². The summed E-state index contributed by atoms with van der Waals surface area (Å²) < 4.78 is 27.6. The molecule has 0 radical (unpaired) electrons. The van der Waals surface area contributed by atoms with Crippen LogP contribution in [0.3, 0.4) is 0 Å². The number of nitrogens with zero attached hydrogens (tertiary/aromatic N) is 1. The highest BCUT2D eigenvalue weighted by Crippen LogP contribution is 2.33. The molecule has 1 aliphatic heterocycles. The summed E-state index contributed by atoms with van der Waals surface area (Å²) >= 11 is 5.88. The molecule has 150 valence electrons. The number of nitrogens with one attached hydrogen (secondary N) is 1. The SMILES string of the molecule is CC(C)(C)CNC(=O)c1ccc2c(c1)CCCN2S(=O)(=O)c1ccc(Cl)cc1. The Bertz CT molecular complexity index is 980. The first kappa shape index (κ1) is 20.7. The van der Waals surface area contributed by atoms with Gasteiger partial charge in [-0.05, 0) is 66.3 Å². The molecule has 0 bridgehead atoms. The number of carbonyl (C=O) groups is 1. The summed E-state index contributed by atoms with van der Waals surface area (Å²) in [4.78, 5) is 12.7. The van der Waals surface area contributed by atoms with Crippen molar-refractivity contribution in [1.82, 2.24) is 5.32 Å². The zero-order valence-electron chi connectivity index (χ0n) is 16.3. The van der Waals surface area contributed by atoms with Gasteiger partial charge in [0.25, 0.3) is 15.9 Å². The number of benzene rings is 2. The normalized spacial score (nSPS) is 14.5. The number of fused-ring (bicyclic) bond motifs is 1. The Morgan fingerprint density at radius 1 is 1.14 bits per heavy atom. The lowest BCUT2D eigenvalue weighted by Gasteiger charge is -2.31. The van der Waals surface area contributed by atoms with Crippen molar-refractivity contribution >= 4 is 33.2 Å². The van der Waals surface area contributed by atoms with Crippen LogP contribution in [-0.4, -0.2) is 27.4 Å². The average Bonchev–Trinajstić information content (AvgIpc) is 2.65. The van der Waals surface area contributed by atoms with Gasteiger partial charge in [0.2, 0.25) is 0 Å². The summed E-state index contributed by atoms with van der Waals surface area (Å²) in [5, 5.41) is 3.42. The van der Waals surface area contributed by atoms with E-state index >= 15 is 0 Å². The lowest BCUT2D eigenvalue weighted by molar-refractivity contribution is 0.0939. The molecular weight excluding hydrogens is 396 g/mol. The first-order chi connectivity index (χ1) is 13.1. The molecule has 0 unspecified atom stereocenters. The largest absolute Gasteiger partial charge is 0.352 e. The van der Waals surface area contributed by atoms with Gasteiger partial charge in [-0.15, -0.1) is 0 Å². The highest BCUT2D eigenvalue weighted by molar-refractivity contribution is 7.92. The Kier molecular flexibility index (Phi) is 5.73. The summed E-state index contributed by atoms with van der Waals surface area (Å²) in [7, 11) is -3.68. The molecule has 0 atom stereocenters. The molecular formula is C21H25ClN2O3S. The predicted octanol–water partition coefficient (Wildman–Crippen LogP) is 4.26.